The number of halogens is 1. The number of hydrogen-bond donors (Lipinski definition) is 3. The molecule has 0 heterocycles. The van der Waals surface area contributed by atoms with Gasteiger partial charge in [-0.05, 0) is 37.1 Å². The van der Waals surface area contributed by atoms with Gasteiger partial charge in [0.05, 0.1) is 12.0 Å². The Labute approximate surface area is 122 Å². The lowest BCUT2D eigenvalue weighted by molar-refractivity contribution is -0.126. The molecule has 1 fully saturated rings. The van der Waals surface area contributed by atoms with Crippen LogP contribution in [-0.4, -0.2) is 22.5 Å². The fourth-order valence-corrected chi connectivity index (χ4v) is 2.48. The lowest BCUT2D eigenvalue weighted by Gasteiger charge is -2.21. The van der Waals surface area contributed by atoms with E-state index in [4.69, 9.17) is 11.6 Å². The minimum Gasteiger partial charge on any atom is -0.389 e. The van der Waals surface area contributed by atoms with Crippen LogP contribution in [0.2, 0.25) is 5.02 Å². The van der Waals surface area contributed by atoms with E-state index in [0.717, 1.165) is 12.8 Å². The van der Waals surface area contributed by atoms with E-state index < -0.39 is 17.4 Å². The van der Waals surface area contributed by atoms with Crippen molar-refractivity contribution >= 4 is 23.4 Å². The molecule has 1 aromatic rings. The number of rotatable bonds is 3. The number of carbonyl (C=O) groups is 2. The number of hydrogen-bond acceptors (Lipinski definition) is 3. The first kappa shape index (κ1) is 14.8. The third kappa shape index (κ3) is 3.95. The van der Waals surface area contributed by atoms with Gasteiger partial charge in [-0.15, -0.1) is 0 Å². The van der Waals surface area contributed by atoms with Gasteiger partial charge in [0, 0.05) is 10.6 Å². The molecule has 0 aliphatic heterocycles. The van der Waals surface area contributed by atoms with Gasteiger partial charge in [0.1, 0.15) is 0 Å². The van der Waals surface area contributed by atoms with Crippen LogP contribution in [0.5, 0.6) is 0 Å². The third-order valence-electron chi connectivity index (χ3n) is 3.45. The summed E-state index contributed by atoms with van der Waals surface area (Å²) in [5, 5.41) is 10.6. The van der Waals surface area contributed by atoms with Crippen molar-refractivity contribution in [1.29, 1.82) is 0 Å². The van der Waals surface area contributed by atoms with E-state index in [2.05, 4.69) is 10.9 Å². The predicted octanol–water partition coefficient (Wildman–Crippen LogP) is 1.80. The minimum atomic E-state index is -0.922. The van der Waals surface area contributed by atoms with Crippen LogP contribution < -0.4 is 10.9 Å². The summed E-state index contributed by atoms with van der Waals surface area (Å²) in [5.41, 5.74) is 4.11. The summed E-state index contributed by atoms with van der Waals surface area (Å²) < 4.78 is 0. The second kappa shape index (κ2) is 6.24. The lowest BCUT2D eigenvalue weighted by atomic mass is 9.98. The van der Waals surface area contributed by atoms with Crippen molar-refractivity contribution in [2.45, 2.75) is 37.7 Å². The van der Waals surface area contributed by atoms with Crippen LogP contribution in [0.15, 0.2) is 24.3 Å². The highest BCUT2D eigenvalue weighted by Crippen LogP contribution is 2.31. The second-order valence-corrected chi connectivity index (χ2v) is 5.55. The Bertz CT molecular complexity index is 496. The van der Waals surface area contributed by atoms with E-state index in [0.29, 0.717) is 23.4 Å². The highest BCUT2D eigenvalue weighted by molar-refractivity contribution is 6.30. The second-order valence-electron chi connectivity index (χ2n) is 5.12. The molecule has 0 spiro atoms. The summed E-state index contributed by atoms with van der Waals surface area (Å²) in [4.78, 5) is 23.4. The molecular formula is C14H17ClN2O3. The summed E-state index contributed by atoms with van der Waals surface area (Å²) in [6.07, 6.45) is 3.13. The first-order chi connectivity index (χ1) is 9.48. The standard InChI is InChI=1S/C14H17ClN2O3/c15-11-5-3-10(4-6-11)13(19)17-16-12(18)9-14(20)7-1-2-8-14/h3-6,20H,1-2,7-9H2,(H,16,18)(H,17,19). The van der Waals surface area contributed by atoms with Crippen molar-refractivity contribution in [2.75, 3.05) is 0 Å². The molecule has 1 aliphatic rings. The van der Waals surface area contributed by atoms with Gasteiger partial charge in [-0.1, -0.05) is 24.4 Å². The van der Waals surface area contributed by atoms with Gasteiger partial charge in [0.25, 0.3) is 5.91 Å². The molecule has 2 rings (SSSR count). The van der Waals surface area contributed by atoms with Gasteiger partial charge in [-0.3, -0.25) is 20.4 Å². The smallest absolute Gasteiger partial charge is 0.269 e. The number of benzene rings is 1. The van der Waals surface area contributed by atoms with E-state index >= 15 is 0 Å². The number of amides is 2. The molecule has 0 unspecified atom stereocenters. The van der Waals surface area contributed by atoms with E-state index in [9.17, 15) is 14.7 Å². The molecule has 108 valence electrons. The average Bonchev–Trinajstić information content (AvgIpc) is 2.83. The van der Waals surface area contributed by atoms with Crippen molar-refractivity contribution in [3.63, 3.8) is 0 Å². The molecule has 1 saturated carbocycles. The maximum Gasteiger partial charge on any atom is 0.269 e. The topological polar surface area (TPSA) is 78.4 Å². The molecule has 0 radical (unpaired) electrons. The SMILES string of the molecule is O=C(CC1(O)CCCC1)NNC(=O)c1ccc(Cl)cc1. The average molecular weight is 297 g/mol. The summed E-state index contributed by atoms with van der Waals surface area (Å²) in [5.74, 6) is -0.815. The largest absolute Gasteiger partial charge is 0.389 e. The van der Waals surface area contributed by atoms with Crippen LogP contribution in [0, 0.1) is 0 Å². The van der Waals surface area contributed by atoms with Gasteiger partial charge in [-0.2, -0.15) is 0 Å². The Hall–Kier alpha value is -1.59. The zero-order valence-corrected chi connectivity index (χ0v) is 11.7. The highest BCUT2D eigenvalue weighted by atomic mass is 35.5. The molecule has 0 bridgehead atoms. The molecule has 0 saturated heterocycles. The van der Waals surface area contributed by atoms with E-state index in [1.165, 1.54) is 0 Å². The first-order valence-corrected chi connectivity index (χ1v) is 6.93. The van der Waals surface area contributed by atoms with Crippen LogP contribution in [0.25, 0.3) is 0 Å². The van der Waals surface area contributed by atoms with Crippen molar-refractivity contribution in [2.24, 2.45) is 0 Å². The van der Waals surface area contributed by atoms with Gasteiger partial charge >= 0.3 is 0 Å². The summed E-state index contributed by atoms with van der Waals surface area (Å²) in [7, 11) is 0. The van der Waals surface area contributed by atoms with Crippen LogP contribution in [0.4, 0.5) is 0 Å². The molecule has 0 atom stereocenters. The third-order valence-corrected chi connectivity index (χ3v) is 3.70. The van der Waals surface area contributed by atoms with Gasteiger partial charge < -0.3 is 5.11 Å². The van der Waals surface area contributed by atoms with E-state index in [1.807, 2.05) is 0 Å². The zero-order valence-electron chi connectivity index (χ0n) is 11.0. The van der Waals surface area contributed by atoms with Gasteiger partial charge in [0.15, 0.2) is 0 Å². The normalized spacial score (nSPS) is 16.7. The Kier molecular flexibility index (Phi) is 4.62. The fraction of sp³-hybridized carbons (Fsp3) is 0.429. The van der Waals surface area contributed by atoms with Crippen molar-refractivity contribution < 1.29 is 14.7 Å². The maximum absolute atomic E-state index is 11.7. The molecule has 5 nitrogen and oxygen atoms in total. The van der Waals surface area contributed by atoms with E-state index in [1.54, 1.807) is 24.3 Å². The van der Waals surface area contributed by atoms with Crippen LogP contribution in [-0.2, 0) is 4.79 Å². The van der Waals surface area contributed by atoms with Crippen LogP contribution in [0.3, 0.4) is 0 Å². The van der Waals surface area contributed by atoms with Crippen molar-refractivity contribution in [1.82, 2.24) is 10.9 Å². The predicted molar refractivity (Wildman–Crippen MR) is 75.1 cm³/mol. The van der Waals surface area contributed by atoms with Crippen LogP contribution in [0.1, 0.15) is 42.5 Å². The Balaban J connectivity index is 1.81. The maximum atomic E-state index is 11.7. The van der Waals surface area contributed by atoms with Crippen molar-refractivity contribution in [3.8, 4) is 0 Å². The molecule has 1 aliphatic carbocycles. The number of aliphatic hydroxyl groups is 1. The molecular weight excluding hydrogens is 280 g/mol. The van der Waals surface area contributed by atoms with E-state index in [-0.39, 0.29) is 6.42 Å². The molecule has 6 heteroatoms. The Morgan fingerprint density at radius 1 is 1.15 bits per heavy atom. The lowest BCUT2D eigenvalue weighted by Crippen LogP contribution is -2.44. The molecule has 0 aromatic heterocycles. The molecule has 1 aromatic carbocycles. The Morgan fingerprint density at radius 2 is 1.75 bits per heavy atom. The van der Waals surface area contributed by atoms with Gasteiger partial charge in [-0.25, -0.2) is 0 Å². The highest BCUT2D eigenvalue weighted by Gasteiger charge is 2.33. The number of nitrogens with one attached hydrogen (secondary N) is 2. The first-order valence-electron chi connectivity index (χ1n) is 6.56. The monoisotopic (exact) mass is 296 g/mol. The molecule has 2 amide bonds. The quantitative estimate of drug-likeness (QED) is 0.744. The van der Waals surface area contributed by atoms with Crippen molar-refractivity contribution in [3.05, 3.63) is 34.9 Å². The minimum absolute atomic E-state index is 0.00784. The zero-order chi connectivity index (χ0) is 14.6. The van der Waals surface area contributed by atoms with Gasteiger partial charge in [0.2, 0.25) is 5.91 Å². The number of hydrazine groups is 1. The number of carbonyl (C=O) groups excluding carboxylic acids is 2. The Morgan fingerprint density at radius 3 is 2.35 bits per heavy atom. The molecule has 20 heavy (non-hydrogen) atoms. The summed E-state index contributed by atoms with van der Waals surface area (Å²) in [6, 6.07) is 6.32. The summed E-state index contributed by atoms with van der Waals surface area (Å²) >= 11 is 5.73. The molecule has 3 N–H and O–H groups in total. The fourth-order valence-electron chi connectivity index (χ4n) is 2.35. The summed E-state index contributed by atoms with van der Waals surface area (Å²) in [6.45, 7) is 0. The van der Waals surface area contributed by atoms with Crippen LogP contribution >= 0.6 is 11.6 Å².